The Hall–Kier alpha value is -1.66. The number of nitrogen functional groups attached to an aromatic ring is 1. The van der Waals surface area contributed by atoms with E-state index in [-0.39, 0.29) is 12.0 Å². The Morgan fingerprint density at radius 2 is 2.43 bits per heavy atom. The molecule has 5 nitrogen and oxygen atoms in total. The summed E-state index contributed by atoms with van der Waals surface area (Å²) >= 11 is 1.38. The molecule has 1 aliphatic heterocycles. The first-order chi connectivity index (χ1) is 10.1. The fourth-order valence-corrected chi connectivity index (χ4v) is 3.77. The number of rotatable bonds is 2. The minimum Gasteiger partial charge on any atom is -0.397 e. The van der Waals surface area contributed by atoms with Crippen molar-refractivity contribution in [3.63, 3.8) is 0 Å². The minimum absolute atomic E-state index is 0.00310. The van der Waals surface area contributed by atoms with E-state index >= 15 is 0 Å². The van der Waals surface area contributed by atoms with Gasteiger partial charge in [0.15, 0.2) is 0 Å². The molecule has 1 unspecified atom stereocenters. The Labute approximate surface area is 127 Å². The third-order valence-corrected chi connectivity index (χ3v) is 5.01. The standard InChI is InChI=1S/C15H19N3O2S/c1-3-10-8-18(6-7-20-10)15(19)13-12(16)11-9(2)4-5-17-14(11)21-13/h4-5,10H,3,6-8,16H2,1-2H3. The first-order valence-electron chi connectivity index (χ1n) is 7.16. The van der Waals surface area contributed by atoms with E-state index in [1.807, 2.05) is 17.9 Å². The molecule has 1 aliphatic rings. The number of carbonyl (C=O) groups is 1. The van der Waals surface area contributed by atoms with Gasteiger partial charge in [-0.05, 0) is 25.0 Å². The third-order valence-electron chi connectivity index (χ3n) is 3.91. The van der Waals surface area contributed by atoms with Gasteiger partial charge in [-0.3, -0.25) is 4.79 Å². The molecule has 3 rings (SSSR count). The summed E-state index contributed by atoms with van der Waals surface area (Å²) in [5.74, 6) is -0.00310. The second kappa shape index (κ2) is 5.61. The first-order valence-corrected chi connectivity index (χ1v) is 7.98. The molecule has 3 heterocycles. The highest BCUT2D eigenvalue weighted by Gasteiger charge is 2.27. The van der Waals surface area contributed by atoms with Crippen molar-refractivity contribution in [2.24, 2.45) is 0 Å². The maximum atomic E-state index is 12.7. The molecular weight excluding hydrogens is 286 g/mol. The van der Waals surface area contributed by atoms with E-state index in [0.29, 0.717) is 30.3 Å². The summed E-state index contributed by atoms with van der Waals surface area (Å²) in [6.07, 6.45) is 2.79. The van der Waals surface area contributed by atoms with Crippen LogP contribution >= 0.6 is 11.3 Å². The second-order valence-corrected chi connectivity index (χ2v) is 6.30. The van der Waals surface area contributed by atoms with Crippen molar-refractivity contribution < 1.29 is 9.53 Å². The fraction of sp³-hybridized carbons (Fsp3) is 0.467. The molecule has 2 aromatic rings. The number of amides is 1. The number of anilines is 1. The van der Waals surface area contributed by atoms with Gasteiger partial charge in [-0.2, -0.15) is 0 Å². The molecule has 0 bridgehead atoms. The Morgan fingerprint density at radius 1 is 1.62 bits per heavy atom. The SMILES string of the molecule is CCC1CN(C(=O)c2sc3nccc(C)c3c2N)CCO1. The topological polar surface area (TPSA) is 68.5 Å². The van der Waals surface area contributed by atoms with Gasteiger partial charge in [0.1, 0.15) is 9.71 Å². The number of morpholine rings is 1. The Bertz CT molecular complexity index is 683. The molecule has 1 fully saturated rings. The smallest absolute Gasteiger partial charge is 0.266 e. The molecule has 6 heteroatoms. The minimum atomic E-state index is -0.00310. The van der Waals surface area contributed by atoms with Crippen LogP contribution in [0.15, 0.2) is 12.3 Å². The lowest BCUT2D eigenvalue weighted by Gasteiger charge is -2.32. The molecular formula is C15H19N3O2S. The van der Waals surface area contributed by atoms with Gasteiger partial charge in [0.25, 0.3) is 5.91 Å². The normalized spacial score (nSPS) is 19.1. The molecule has 2 N–H and O–H groups in total. The summed E-state index contributed by atoms with van der Waals surface area (Å²) in [6.45, 7) is 5.90. The van der Waals surface area contributed by atoms with Crippen molar-refractivity contribution in [2.45, 2.75) is 26.4 Å². The zero-order valence-corrected chi connectivity index (χ0v) is 13.1. The number of thiophene rings is 1. The van der Waals surface area contributed by atoms with Crippen LogP contribution in [-0.4, -0.2) is 41.6 Å². The molecule has 2 aromatic heterocycles. The van der Waals surface area contributed by atoms with Crippen LogP contribution in [0.2, 0.25) is 0 Å². The van der Waals surface area contributed by atoms with E-state index in [0.717, 1.165) is 22.2 Å². The van der Waals surface area contributed by atoms with Crippen molar-refractivity contribution >= 4 is 33.1 Å². The summed E-state index contributed by atoms with van der Waals surface area (Å²) in [5.41, 5.74) is 7.82. The van der Waals surface area contributed by atoms with E-state index < -0.39 is 0 Å². The van der Waals surface area contributed by atoms with Gasteiger partial charge in [-0.15, -0.1) is 11.3 Å². The van der Waals surface area contributed by atoms with Gasteiger partial charge in [-0.25, -0.2) is 4.98 Å². The van der Waals surface area contributed by atoms with E-state index in [1.54, 1.807) is 6.20 Å². The predicted molar refractivity (Wildman–Crippen MR) is 84.7 cm³/mol. The lowest BCUT2D eigenvalue weighted by molar-refractivity contribution is -0.0224. The number of aryl methyl sites for hydroxylation is 1. The van der Waals surface area contributed by atoms with Crippen LogP contribution in [0.4, 0.5) is 5.69 Å². The first kappa shape index (κ1) is 14.3. The number of nitrogens with zero attached hydrogens (tertiary/aromatic N) is 2. The van der Waals surface area contributed by atoms with Gasteiger partial charge in [0, 0.05) is 24.7 Å². The molecule has 0 aliphatic carbocycles. The van der Waals surface area contributed by atoms with Crippen LogP contribution in [0.3, 0.4) is 0 Å². The Kier molecular flexibility index (Phi) is 3.82. The summed E-state index contributed by atoms with van der Waals surface area (Å²) in [5, 5.41) is 0.908. The number of fused-ring (bicyclic) bond motifs is 1. The van der Waals surface area contributed by atoms with Crippen LogP contribution < -0.4 is 5.73 Å². The largest absolute Gasteiger partial charge is 0.397 e. The highest BCUT2D eigenvalue weighted by atomic mass is 32.1. The lowest BCUT2D eigenvalue weighted by atomic mass is 10.1. The average Bonchev–Trinajstić information content (AvgIpc) is 2.85. The van der Waals surface area contributed by atoms with Gasteiger partial charge >= 0.3 is 0 Å². The molecule has 21 heavy (non-hydrogen) atoms. The molecule has 112 valence electrons. The molecule has 0 aromatic carbocycles. The molecule has 1 saturated heterocycles. The number of hydrogen-bond donors (Lipinski definition) is 1. The highest BCUT2D eigenvalue weighted by Crippen LogP contribution is 2.35. The van der Waals surface area contributed by atoms with Crippen molar-refractivity contribution in [1.82, 2.24) is 9.88 Å². The zero-order chi connectivity index (χ0) is 15.0. The Morgan fingerprint density at radius 3 is 3.14 bits per heavy atom. The number of aromatic nitrogens is 1. The van der Waals surface area contributed by atoms with Crippen molar-refractivity contribution in [2.75, 3.05) is 25.4 Å². The van der Waals surface area contributed by atoms with Crippen LogP contribution in [-0.2, 0) is 4.74 Å². The molecule has 1 amide bonds. The zero-order valence-electron chi connectivity index (χ0n) is 12.3. The highest BCUT2D eigenvalue weighted by molar-refractivity contribution is 7.21. The van der Waals surface area contributed by atoms with Gasteiger partial charge in [0.2, 0.25) is 0 Å². The van der Waals surface area contributed by atoms with E-state index in [4.69, 9.17) is 10.5 Å². The van der Waals surface area contributed by atoms with Crippen LogP contribution in [0.25, 0.3) is 10.2 Å². The number of hydrogen-bond acceptors (Lipinski definition) is 5. The number of carbonyl (C=O) groups excluding carboxylic acids is 1. The summed E-state index contributed by atoms with van der Waals surface area (Å²) in [7, 11) is 0. The summed E-state index contributed by atoms with van der Waals surface area (Å²) in [4.78, 5) is 20.3. The molecule has 1 atom stereocenters. The number of ether oxygens (including phenoxy) is 1. The van der Waals surface area contributed by atoms with Gasteiger partial charge in [-0.1, -0.05) is 6.92 Å². The average molecular weight is 305 g/mol. The van der Waals surface area contributed by atoms with Crippen molar-refractivity contribution in [1.29, 1.82) is 0 Å². The maximum absolute atomic E-state index is 12.7. The van der Waals surface area contributed by atoms with Crippen LogP contribution in [0, 0.1) is 6.92 Å². The van der Waals surface area contributed by atoms with Crippen molar-refractivity contribution in [3.05, 3.63) is 22.7 Å². The lowest BCUT2D eigenvalue weighted by Crippen LogP contribution is -2.45. The van der Waals surface area contributed by atoms with Gasteiger partial charge in [0.05, 0.1) is 18.4 Å². The Balaban J connectivity index is 1.95. The molecule has 0 radical (unpaired) electrons. The summed E-state index contributed by atoms with van der Waals surface area (Å²) in [6, 6.07) is 1.92. The molecule has 0 spiro atoms. The fourth-order valence-electron chi connectivity index (χ4n) is 2.66. The van der Waals surface area contributed by atoms with Gasteiger partial charge < -0.3 is 15.4 Å². The number of pyridine rings is 1. The van der Waals surface area contributed by atoms with E-state index in [9.17, 15) is 4.79 Å². The third kappa shape index (κ3) is 2.49. The molecule has 0 saturated carbocycles. The van der Waals surface area contributed by atoms with E-state index in [2.05, 4.69) is 11.9 Å². The second-order valence-electron chi connectivity index (χ2n) is 5.31. The number of nitrogens with two attached hydrogens (primary N) is 1. The van der Waals surface area contributed by atoms with Crippen molar-refractivity contribution in [3.8, 4) is 0 Å². The van der Waals surface area contributed by atoms with Crippen LogP contribution in [0.1, 0.15) is 28.6 Å². The monoisotopic (exact) mass is 305 g/mol. The van der Waals surface area contributed by atoms with Crippen LogP contribution in [0.5, 0.6) is 0 Å². The maximum Gasteiger partial charge on any atom is 0.266 e. The van der Waals surface area contributed by atoms with E-state index in [1.165, 1.54) is 11.3 Å². The summed E-state index contributed by atoms with van der Waals surface area (Å²) < 4.78 is 5.62. The quantitative estimate of drug-likeness (QED) is 0.925. The predicted octanol–water partition coefficient (Wildman–Crippen LogP) is 2.44.